The second-order valence-corrected chi connectivity index (χ2v) is 8.54. The van der Waals surface area contributed by atoms with Crippen molar-refractivity contribution in [1.82, 2.24) is 14.9 Å². The van der Waals surface area contributed by atoms with Crippen LogP contribution in [0.2, 0.25) is 5.02 Å². The predicted molar refractivity (Wildman–Crippen MR) is 121 cm³/mol. The Balaban J connectivity index is 0.00000140. The molecule has 6 nitrogen and oxygen atoms in total. The van der Waals surface area contributed by atoms with Gasteiger partial charge in [-0.25, -0.2) is 4.98 Å². The number of aliphatic hydroxyl groups excluding tert-OH is 1. The Hall–Kier alpha value is -0.410. The van der Waals surface area contributed by atoms with Gasteiger partial charge in [-0.2, -0.15) is 0 Å². The molecule has 2 aliphatic heterocycles. The summed E-state index contributed by atoms with van der Waals surface area (Å²) >= 11 is 8.37. The molecule has 28 heavy (non-hydrogen) atoms. The number of anilines is 1. The summed E-state index contributed by atoms with van der Waals surface area (Å²) in [4.78, 5) is 12.8. The maximum absolute atomic E-state index is 9.09. The number of ether oxygens (including phenoxy) is 1. The van der Waals surface area contributed by atoms with E-state index in [4.69, 9.17) is 26.4 Å². The summed E-state index contributed by atoms with van der Waals surface area (Å²) in [5, 5.41) is 11.4. The molecule has 0 spiro atoms. The van der Waals surface area contributed by atoms with Gasteiger partial charge in [-0.05, 0) is 25.0 Å². The number of hydrogen-bond acceptors (Lipinski definition) is 6. The molecule has 158 valence electrons. The molecule has 2 saturated heterocycles. The zero-order valence-corrected chi connectivity index (χ0v) is 18.8. The number of β-amino-alcohol motifs (C(OH)–C–C–N with tert-alkyl or cyclic N) is 1. The first kappa shape index (κ1) is 23.9. The van der Waals surface area contributed by atoms with Crippen molar-refractivity contribution in [3.63, 3.8) is 0 Å². The molecule has 2 aromatic rings. The molecule has 4 rings (SSSR count). The Morgan fingerprint density at radius 2 is 1.89 bits per heavy atom. The van der Waals surface area contributed by atoms with Gasteiger partial charge in [0.2, 0.25) is 0 Å². The molecule has 1 aromatic carbocycles. The van der Waals surface area contributed by atoms with Crippen LogP contribution in [0.3, 0.4) is 0 Å². The van der Waals surface area contributed by atoms with Crippen molar-refractivity contribution in [3.05, 3.63) is 17.2 Å². The van der Waals surface area contributed by atoms with Gasteiger partial charge in [0.15, 0.2) is 5.16 Å². The van der Waals surface area contributed by atoms with Gasteiger partial charge in [0.05, 0.1) is 28.4 Å². The molecule has 0 saturated carbocycles. The highest BCUT2D eigenvalue weighted by atomic mass is 35.5. The first-order valence-corrected chi connectivity index (χ1v) is 10.5. The average molecular weight is 470 g/mol. The van der Waals surface area contributed by atoms with Crippen LogP contribution in [0.5, 0.6) is 0 Å². The quantitative estimate of drug-likeness (QED) is 0.699. The average Bonchev–Trinajstić information content (AvgIpc) is 3.04. The summed E-state index contributed by atoms with van der Waals surface area (Å²) in [6, 6.07) is 4.09. The van der Waals surface area contributed by atoms with Crippen molar-refractivity contribution in [1.29, 1.82) is 0 Å². The lowest BCUT2D eigenvalue weighted by Crippen LogP contribution is -2.47. The lowest BCUT2D eigenvalue weighted by Gasteiger charge is -2.36. The Kier molecular flexibility index (Phi) is 9.47. The van der Waals surface area contributed by atoms with Gasteiger partial charge in [0.25, 0.3) is 0 Å². The molecule has 3 heterocycles. The van der Waals surface area contributed by atoms with E-state index in [0.717, 1.165) is 85.7 Å². The van der Waals surface area contributed by atoms with Crippen LogP contribution in [0, 0.1) is 0 Å². The Bertz CT molecular complexity index is 750. The van der Waals surface area contributed by atoms with Gasteiger partial charge in [-0.3, -0.25) is 4.90 Å². The van der Waals surface area contributed by atoms with E-state index < -0.39 is 0 Å². The van der Waals surface area contributed by atoms with E-state index in [1.54, 1.807) is 0 Å². The number of piperazine rings is 1. The monoisotopic (exact) mass is 468 g/mol. The standard InChI is InChI=1S/C18H25ClN4O2S.2ClH/c19-14-11-15-16(21-18(20-15)26-13-1-9-25-10-2-13)12-17(14)23-5-3-22(4-6-23)7-8-24;;/h11-13,24H,1-10H2,(H,20,21);2*1H. The van der Waals surface area contributed by atoms with Crippen LogP contribution in [0.4, 0.5) is 5.69 Å². The second-order valence-electron chi connectivity index (χ2n) is 6.84. The number of benzene rings is 1. The van der Waals surface area contributed by atoms with E-state index in [1.807, 2.05) is 17.8 Å². The van der Waals surface area contributed by atoms with Crippen molar-refractivity contribution >= 4 is 64.9 Å². The van der Waals surface area contributed by atoms with Crippen LogP contribution >= 0.6 is 48.2 Å². The van der Waals surface area contributed by atoms with Crippen LogP contribution in [0.25, 0.3) is 11.0 Å². The van der Waals surface area contributed by atoms with Gasteiger partial charge < -0.3 is 19.7 Å². The minimum absolute atomic E-state index is 0. The minimum atomic E-state index is 0. The number of hydrogen-bond donors (Lipinski definition) is 2. The van der Waals surface area contributed by atoms with Crippen molar-refractivity contribution in [2.24, 2.45) is 0 Å². The van der Waals surface area contributed by atoms with E-state index >= 15 is 0 Å². The van der Waals surface area contributed by atoms with Crippen LogP contribution in [-0.4, -0.2) is 77.8 Å². The number of aromatic nitrogens is 2. The molecule has 2 aliphatic rings. The van der Waals surface area contributed by atoms with Gasteiger partial charge in [-0.1, -0.05) is 23.4 Å². The van der Waals surface area contributed by atoms with E-state index in [0.29, 0.717) is 5.25 Å². The topological polar surface area (TPSA) is 64.6 Å². The van der Waals surface area contributed by atoms with Crippen molar-refractivity contribution in [2.75, 3.05) is 57.4 Å². The molecule has 2 N–H and O–H groups in total. The highest BCUT2D eigenvalue weighted by molar-refractivity contribution is 7.99. The molecule has 0 radical (unpaired) electrons. The number of nitrogens with one attached hydrogen (secondary N) is 1. The molecule has 0 amide bonds. The number of aromatic amines is 1. The summed E-state index contributed by atoms with van der Waals surface area (Å²) in [5.74, 6) is 0. The van der Waals surface area contributed by atoms with E-state index in [9.17, 15) is 0 Å². The van der Waals surface area contributed by atoms with E-state index in [2.05, 4.69) is 20.9 Å². The number of thioether (sulfide) groups is 1. The van der Waals surface area contributed by atoms with E-state index in [1.165, 1.54) is 0 Å². The highest BCUT2D eigenvalue weighted by Crippen LogP contribution is 2.34. The largest absolute Gasteiger partial charge is 0.395 e. The second kappa shape index (κ2) is 11.1. The fourth-order valence-electron chi connectivity index (χ4n) is 3.60. The molecule has 0 atom stereocenters. The predicted octanol–water partition coefficient (Wildman–Crippen LogP) is 3.45. The number of rotatable bonds is 5. The first-order valence-electron chi connectivity index (χ1n) is 9.25. The van der Waals surface area contributed by atoms with Gasteiger partial charge >= 0.3 is 0 Å². The number of fused-ring (bicyclic) bond motifs is 1. The summed E-state index contributed by atoms with van der Waals surface area (Å²) in [7, 11) is 0. The molecule has 1 aromatic heterocycles. The fraction of sp³-hybridized carbons (Fsp3) is 0.611. The Morgan fingerprint density at radius 3 is 2.57 bits per heavy atom. The number of H-pyrrole nitrogens is 1. The summed E-state index contributed by atoms with van der Waals surface area (Å²) in [6.07, 6.45) is 2.15. The van der Waals surface area contributed by atoms with Crippen LogP contribution in [0.15, 0.2) is 17.3 Å². The summed E-state index contributed by atoms with van der Waals surface area (Å²) in [5.41, 5.74) is 3.03. The van der Waals surface area contributed by atoms with Crippen LogP contribution in [0.1, 0.15) is 12.8 Å². The Labute approximate surface area is 187 Å². The molecule has 0 bridgehead atoms. The van der Waals surface area contributed by atoms with Gasteiger partial charge in [0.1, 0.15) is 0 Å². The van der Waals surface area contributed by atoms with E-state index in [-0.39, 0.29) is 31.4 Å². The number of nitrogens with zero attached hydrogens (tertiary/aromatic N) is 3. The molecular weight excluding hydrogens is 443 g/mol. The molecule has 2 fully saturated rings. The first-order chi connectivity index (χ1) is 12.7. The lowest BCUT2D eigenvalue weighted by atomic mass is 10.2. The van der Waals surface area contributed by atoms with Gasteiger partial charge in [-0.15, -0.1) is 24.8 Å². The maximum Gasteiger partial charge on any atom is 0.166 e. The normalized spacial score (nSPS) is 18.7. The van der Waals surface area contributed by atoms with Crippen molar-refractivity contribution < 1.29 is 9.84 Å². The van der Waals surface area contributed by atoms with Crippen LogP contribution in [-0.2, 0) is 4.74 Å². The maximum atomic E-state index is 9.09. The van der Waals surface area contributed by atoms with Crippen LogP contribution < -0.4 is 4.90 Å². The summed E-state index contributed by atoms with van der Waals surface area (Å²) in [6.45, 7) is 6.38. The smallest absolute Gasteiger partial charge is 0.166 e. The number of aliphatic hydroxyl groups is 1. The third kappa shape index (κ3) is 5.59. The molecular formula is C18H27Cl3N4O2S. The fourth-order valence-corrected chi connectivity index (χ4v) is 4.94. The molecule has 10 heteroatoms. The zero-order valence-electron chi connectivity index (χ0n) is 15.6. The van der Waals surface area contributed by atoms with Crippen molar-refractivity contribution in [3.8, 4) is 0 Å². The third-order valence-corrected chi connectivity index (χ3v) is 6.63. The third-order valence-electron chi connectivity index (χ3n) is 5.10. The minimum Gasteiger partial charge on any atom is -0.395 e. The van der Waals surface area contributed by atoms with Crippen molar-refractivity contribution in [2.45, 2.75) is 23.2 Å². The Morgan fingerprint density at radius 1 is 1.18 bits per heavy atom. The number of halogens is 3. The van der Waals surface area contributed by atoms with Gasteiger partial charge in [0, 0.05) is 51.2 Å². The highest BCUT2D eigenvalue weighted by Gasteiger charge is 2.21. The molecule has 0 aliphatic carbocycles. The molecule has 0 unspecified atom stereocenters. The lowest BCUT2D eigenvalue weighted by molar-refractivity contribution is 0.1000. The SMILES string of the molecule is Cl.Cl.OCCN1CCN(c2cc3[nH]c(SC4CCOCC4)nc3cc2Cl)CC1. The zero-order chi connectivity index (χ0) is 17.9. The summed E-state index contributed by atoms with van der Waals surface area (Å²) < 4.78 is 5.43. The number of imidazole rings is 1.